The van der Waals surface area contributed by atoms with Crippen LogP contribution in [0.5, 0.6) is 0 Å². The van der Waals surface area contributed by atoms with Gasteiger partial charge >= 0.3 is 0 Å². The third kappa shape index (κ3) is 8.22. The maximum atomic E-state index is 5.79. The normalized spacial score (nSPS) is 31.5. The lowest BCUT2D eigenvalue weighted by Gasteiger charge is -2.44. The molecule has 3 aliphatic carbocycles. The summed E-state index contributed by atoms with van der Waals surface area (Å²) in [6.45, 7) is 20.2. The van der Waals surface area contributed by atoms with Gasteiger partial charge in [-0.25, -0.2) is 0 Å². The first-order valence-corrected chi connectivity index (χ1v) is 15.1. The van der Waals surface area contributed by atoms with Crippen LogP contribution in [-0.2, 0) is 4.74 Å². The van der Waals surface area contributed by atoms with Crippen molar-refractivity contribution in [1.82, 2.24) is 0 Å². The molecule has 36 heavy (non-hydrogen) atoms. The maximum absolute atomic E-state index is 5.79. The van der Waals surface area contributed by atoms with Crippen LogP contribution < -0.4 is 0 Å². The van der Waals surface area contributed by atoms with Gasteiger partial charge < -0.3 is 4.74 Å². The second-order valence-corrected chi connectivity index (χ2v) is 11.9. The predicted molar refractivity (Wildman–Crippen MR) is 160 cm³/mol. The van der Waals surface area contributed by atoms with E-state index in [1.807, 2.05) is 20.0 Å². The minimum Gasteiger partial charge on any atom is -0.481 e. The van der Waals surface area contributed by atoms with Crippen molar-refractivity contribution in [3.8, 4) is 0 Å². The van der Waals surface area contributed by atoms with E-state index in [9.17, 15) is 0 Å². The van der Waals surface area contributed by atoms with E-state index in [0.29, 0.717) is 23.9 Å². The molecule has 0 N–H and O–H groups in total. The lowest BCUT2D eigenvalue weighted by Crippen LogP contribution is -2.35. The van der Waals surface area contributed by atoms with E-state index < -0.39 is 0 Å². The van der Waals surface area contributed by atoms with Crippen LogP contribution in [0.25, 0.3) is 0 Å². The van der Waals surface area contributed by atoms with Crippen molar-refractivity contribution < 1.29 is 4.74 Å². The van der Waals surface area contributed by atoms with Gasteiger partial charge in [0.1, 0.15) is 0 Å². The lowest BCUT2D eigenvalue weighted by atomic mass is 9.61. The minimum atomic E-state index is 0.419. The van der Waals surface area contributed by atoms with Gasteiger partial charge in [0, 0.05) is 13.0 Å². The topological polar surface area (TPSA) is 21.6 Å². The lowest BCUT2D eigenvalue weighted by molar-refractivity contribution is 0.112. The summed E-state index contributed by atoms with van der Waals surface area (Å²) < 4.78 is 5.79. The zero-order valence-electron chi connectivity index (χ0n) is 24.7. The summed E-state index contributed by atoms with van der Waals surface area (Å²) in [5.74, 6) is 4.35. The average molecular weight is 496 g/mol. The van der Waals surface area contributed by atoms with Gasteiger partial charge in [-0.2, -0.15) is 0 Å². The summed E-state index contributed by atoms with van der Waals surface area (Å²) in [6.07, 6.45) is 24.7. The van der Waals surface area contributed by atoms with Crippen LogP contribution in [0.2, 0.25) is 0 Å². The number of nitrogens with zero attached hydrogens (tertiary/aromatic N) is 1. The van der Waals surface area contributed by atoms with Crippen LogP contribution in [0.15, 0.2) is 53.6 Å². The average Bonchev–Trinajstić information content (AvgIpc) is 3.22. The van der Waals surface area contributed by atoms with Gasteiger partial charge in [0.2, 0.25) is 0 Å². The summed E-state index contributed by atoms with van der Waals surface area (Å²) in [6, 6.07) is 0. The summed E-state index contributed by atoms with van der Waals surface area (Å²) in [5, 5.41) is 0. The highest BCUT2D eigenvalue weighted by molar-refractivity contribution is 5.78. The van der Waals surface area contributed by atoms with Crippen LogP contribution in [-0.4, -0.2) is 19.6 Å². The van der Waals surface area contributed by atoms with E-state index in [0.717, 1.165) is 36.5 Å². The Morgan fingerprint density at radius 2 is 1.94 bits per heavy atom. The Labute approximate surface area is 224 Å². The first-order valence-electron chi connectivity index (χ1n) is 15.1. The zero-order chi connectivity index (χ0) is 26.6. The number of rotatable bonds is 9. The van der Waals surface area contributed by atoms with E-state index in [1.165, 1.54) is 69.8 Å². The van der Waals surface area contributed by atoms with Gasteiger partial charge in [-0.15, -0.1) is 0 Å². The molecule has 4 unspecified atom stereocenters. The Morgan fingerprint density at radius 3 is 2.53 bits per heavy atom. The molecule has 0 aromatic carbocycles. The molecule has 204 valence electrons. The van der Waals surface area contributed by atoms with Crippen LogP contribution in [0.4, 0.5) is 0 Å². The van der Waals surface area contributed by atoms with Crippen molar-refractivity contribution >= 4 is 5.90 Å². The standard InChI is InChI=1S/C26H43NO.C8H14/c1-7-12-21-16-11-19-26(5)23(17-18-24(21)26)20(4)14-10-15-22(13-8-2)25(27-6)28-9-3;1-7-5-3-4-6-8(7)2/h7,10,12,14,20,22-24H,1,8-9,11,13,15-19H2,2-6H3;8H,1,3-6H2,2H3/b14-10+,21-12+,27-25?;/t20-,22?,23-,24?,26?;/m1./s1. The van der Waals surface area contributed by atoms with E-state index in [-0.39, 0.29) is 0 Å². The highest BCUT2D eigenvalue weighted by atomic mass is 16.5. The van der Waals surface area contributed by atoms with E-state index in [2.05, 4.69) is 64.1 Å². The molecule has 0 amide bonds. The molecule has 0 spiro atoms. The molecule has 0 radical (unpaired) electrons. The molecule has 3 fully saturated rings. The third-order valence-electron chi connectivity index (χ3n) is 9.45. The summed E-state index contributed by atoms with van der Waals surface area (Å²) in [7, 11) is 1.86. The van der Waals surface area contributed by atoms with E-state index >= 15 is 0 Å². The number of fused-ring (bicyclic) bond motifs is 1. The van der Waals surface area contributed by atoms with Gasteiger partial charge in [-0.3, -0.25) is 4.99 Å². The molecule has 6 atom stereocenters. The molecule has 0 aliphatic heterocycles. The second-order valence-electron chi connectivity index (χ2n) is 11.9. The predicted octanol–water partition coefficient (Wildman–Crippen LogP) is 10.1. The van der Waals surface area contributed by atoms with Gasteiger partial charge in [-0.1, -0.05) is 89.1 Å². The Hall–Kier alpha value is -1.57. The molecule has 3 saturated carbocycles. The van der Waals surface area contributed by atoms with Crippen molar-refractivity contribution in [2.24, 2.45) is 40.0 Å². The first-order chi connectivity index (χ1) is 17.3. The Balaban J connectivity index is 0.000000482. The molecule has 0 aromatic rings. The highest BCUT2D eigenvalue weighted by Crippen LogP contribution is 2.59. The molecular weight excluding hydrogens is 438 g/mol. The fourth-order valence-electron chi connectivity index (χ4n) is 7.34. The van der Waals surface area contributed by atoms with Crippen LogP contribution >= 0.6 is 0 Å². The van der Waals surface area contributed by atoms with Crippen LogP contribution in [0.1, 0.15) is 112 Å². The molecule has 0 saturated heterocycles. The van der Waals surface area contributed by atoms with E-state index in [1.54, 1.807) is 5.57 Å². The van der Waals surface area contributed by atoms with Crippen molar-refractivity contribution in [3.63, 3.8) is 0 Å². The Morgan fingerprint density at radius 1 is 1.17 bits per heavy atom. The number of allylic oxidation sites excluding steroid dienone is 6. The molecule has 2 nitrogen and oxygen atoms in total. The number of ether oxygens (including phenoxy) is 1. The van der Waals surface area contributed by atoms with Gasteiger partial charge in [-0.05, 0) is 100 Å². The zero-order valence-corrected chi connectivity index (χ0v) is 24.7. The Bertz CT molecular complexity index is 774. The molecular formula is C34H57NO. The summed E-state index contributed by atoms with van der Waals surface area (Å²) >= 11 is 0. The smallest absolute Gasteiger partial charge is 0.186 e. The fraction of sp³-hybridized carbons (Fsp3) is 0.735. The molecule has 0 heterocycles. The highest BCUT2D eigenvalue weighted by Gasteiger charge is 2.50. The summed E-state index contributed by atoms with van der Waals surface area (Å²) in [5.41, 5.74) is 3.59. The Kier molecular flexibility index (Phi) is 13.3. The molecule has 0 aromatic heterocycles. The summed E-state index contributed by atoms with van der Waals surface area (Å²) in [4.78, 5) is 4.41. The quantitative estimate of drug-likeness (QED) is 0.177. The molecule has 3 aliphatic rings. The largest absolute Gasteiger partial charge is 0.481 e. The first kappa shape index (κ1) is 30.7. The molecule has 2 heteroatoms. The van der Waals surface area contributed by atoms with Crippen LogP contribution in [0.3, 0.4) is 0 Å². The SMILES string of the molecule is C=C/C=C1\CCCC2(C)C1CC[C@@H]2[C@H](C)/C=C/CC(CCC)C(=NC)OCC.C=C1CCCCC1C. The number of aliphatic imine (C=N–C) groups is 1. The van der Waals surface area contributed by atoms with Crippen LogP contribution in [0, 0.1) is 35.0 Å². The van der Waals surface area contributed by atoms with Crippen molar-refractivity contribution in [2.45, 2.75) is 112 Å². The third-order valence-corrected chi connectivity index (χ3v) is 9.45. The second kappa shape index (κ2) is 15.6. The monoisotopic (exact) mass is 495 g/mol. The van der Waals surface area contributed by atoms with E-state index in [4.69, 9.17) is 4.74 Å². The molecule has 3 rings (SSSR count). The fourth-order valence-corrected chi connectivity index (χ4v) is 7.34. The minimum absolute atomic E-state index is 0.419. The maximum Gasteiger partial charge on any atom is 0.186 e. The number of hydrogen-bond acceptors (Lipinski definition) is 2. The van der Waals surface area contributed by atoms with Crippen molar-refractivity contribution in [1.29, 1.82) is 0 Å². The molecule has 0 bridgehead atoms. The van der Waals surface area contributed by atoms with Gasteiger partial charge in [0.25, 0.3) is 0 Å². The number of hydrogen-bond donors (Lipinski definition) is 0. The van der Waals surface area contributed by atoms with Crippen molar-refractivity contribution in [3.05, 3.63) is 48.6 Å². The van der Waals surface area contributed by atoms with Gasteiger partial charge in [0.15, 0.2) is 5.90 Å². The van der Waals surface area contributed by atoms with Gasteiger partial charge in [0.05, 0.1) is 6.61 Å². The van der Waals surface area contributed by atoms with Crippen molar-refractivity contribution in [2.75, 3.05) is 13.7 Å².